The topological polar surface area (TPSA) is 33.1 Å². The maximum atomic E-state index is 7.59. The van der Waals surface area contributed by atoms with Crippen LogP contribution in [0, 0.1) is 5.41 Å². The van der Waals surface area contributed by atoms with Crippen molar-refractivity contribution in [1.29, 1.82) is 5.41 Å². The van der Waals surface area contributed by atoms with Crippen LogP contribution in [0.3, 0.4) is 0 Å². The minimum absolute atomic E-state index is 0.253. The first-order valence-electron chi connectivity index (χ1n) is 4.96. The number of nitrogens with one attached hydrogen (secondary N) is 1. The predicted octanol–water partition coefficient (Wildman–Crippen LogP) is 3.17. The number of rotatable bonds is 3. The summed E-state index contributed by atoms with van der Waals surface area (Å²) >= 11 is 0. The Hall–Kier alpha value is -1.31. The Morgan fingerprint density at radius 2 is 1.86 bits per heavy atom. The van der Waals surface area contributed by atoms with Crippen LogP contribution >= 0.6 is 0 Å². The zero-order valence-electron chi connectivity index (χ0n) is 9.00. The van der Waals surface area contributed by atoms with Crippen LogP contribution in [0.2, 0.25) is 0 Å². The molecule has 0 fully saturated rings. The largest absolute Gasteiger partial charge is 0.478 e. The molecule has 2 heteroatoms. The molecule has 0 aromatic heterocycles. The summed E-state index contributed by atoms with van der Waals surface area (Å²) in [5, 5.41) is 7.59. The second-order valence-corrected chi connectivity index (χ2v) is 3.54. The van der Waals surface area contributed by atoms with Crippen LogP contribution in [0.4, 0.5) is 0 Å². The van der Waals surface area contributed by atoms with E-state index in [2.05, 4.69) is 13.8 Å². The fourth-order valence-electron chi connectivity index (χ4n) is 1.25. The smallest absolute Gasteiger partial charge is 0.213 e. The Bertz CT molecular complexity index is 301. The summed E-state index contributed by atoms with van der Waals surface area (Å²) in [4.78, 5) is 0. The highest BCUT2D eigenvalue weighted by Gasteiger charge is 2.03. The SMILES string of the molecule is CCOC(=N)c1ccc(C(C)C)cc1. The molecule has 1 aromatic carbocycles. The zero-order valence-corrected chi connectivity index (χ0v) is 9.00. The van der Waals surface area contributed by atoms with Crippen LogP contribution in [0.15, 0.2) is 24.3 Å². The van der Waals surface area contributed by atoms with Gasteiger partial charge in [0.15, 0.2) is 0 Å². The molecule has 0 heterocycles. The Morgan fingerprint density at radius 3 is 2.29 bits per heavy atom. The Labute approximate surface area is 85.4 Å². The van der Waals surface area contributed by atoms with Gasteiger partial charge in [-0.25, -0.2) is 0 Å². The molecule has 0 aliphatic carbocycles. The molecule has 0 amide bonds. The Morgan fingerprint density at radius 1 is 1.29 bits per heavy atom. The van der Waals surface area contributed by atoms with Crippen molar-refractivity contribution in [1.82, 2.24) is 0 Å². The number of ether oxygens (including phenoxy) is 1. The fourth-order valence-corrected chi connectivity index (χ4v) is 1.25. The minimum atomic E-state index is 0.253. The van der Waals surface area contributed by atoms with E-state index in [-0.39, 0.29) is 5.90 Å². The lowest BCUT2D eigenvalue weighted by Gasteiger charge is -2.07. The molecule has 0 bridgehead atoms. The van der Waals surface area contributed by atoms with E-state index in [1.807, 2.05) is 31.2 Å². The van der Waals surface area contributed by atoms with Gasteiger partial charge >= 0.3 is 0 Å². The first kappa shape index (κ1) is 10.8. The third-order valence-electron chi connectivity index (χ3n) is 2.13. The van der Waals surface area contributed by atoms with Crippen molar-refractivity contribution < 1.29 is 4.74 Å². The van der Waals surface area contributed by atoms with Crippen LogP contribution in [-0.4, -0.2) is 12.5 Å². The highest BCUT2D eigenvalue weighted by molar-refractivity contribution is 5.91. The second-order valence-electron chi connectivity index (χ2n) is 3.54. The highest BCUT2D eigenvalue weighted by atomic mass is 16.5. The van der Waals surface area contributed by atoms with Crippen molar-refractivity contribution in [2.45, 2.75) is 26.7 Å². The molecule has 0 unspecified atom stereocenters. The number of benzene rings is 1. The van der Waals surface area contributed by atoms with E-state index in [9.17, 15) is 0 Å². The maximum absolute atomic E-state index is 7.59. The van der Waals surface area contributed by atoms with Gasteiger partial charge in [0.05, 0.1) is 6.61 Å². The summed E-state index contributed by atoms with van der Waals surface area (Å²) in [5.74, 6) is 0.785. The molecule has 0 atom stereocenters. The molecule has 0 spiro atoms. The molecular formula is C12H17NO. The third kappa shape index (κ3) is 2.59. The molecule has 0 saturated heterocycles. The molecule has 1 rings (SSSR count). The van der Waals surface area contributed by atoms with E-state index >= 15 is 0 Å². The van der Waals surface area contributed by atoms with Gasteiger partial charge in [-0.05, 0) is 30.5 Å². The van der Waals surface area contributed by atoms with Crippen molar-refractivity contribution in [2.75, 3.05) is 6.61 Å². The molecule has 1 aromatic rings. The summed E-state index contributed by atoms with van der Waals surface area (Å²) in [6.45, 7) is 6.74. The van der Waals surface area contributed by atoms with E-state index in [1.54, 1.807) is 0 Å². The van der Waals surface area contributed by atoms with Gasteiger partial charge < -0.3 is 4.74 Å². The van der Waals surface area contributed by atoms with E-state index in [0.717, 1.165) is 5.56 Å². The summed E-state index contributed by atoms with van der Waals surface area (Å²) in [6.07, 6.45) is 0. The van der Waals surface area contributed by atoms with Crippen molar-refractivity contribution in [3.05, 3.63) is 35.4 Å². The third-order valence-corrected chi connectivity index (χ3v) is 2.13. The van der Waals surface area contributed by atoms with Crippen LogP contribution in [0.5, 0.6) is 0 Å². The van der Waals surface area contributed by atoms with E-state index in [0.29, 0.717) is 12.5 Å². The monoisotopic (exact) mass is 191 g/mol. The molecule has 1 N–H and O–H groups in total. The minimum Gasteiger partial charge on any atom is -0.478 e. The molecule has 0 aliphatic heterocycles. The van der Waals surface area contributed by atoms with Gasteiger partial charge in [0.2, 0.25) is 5.90 Å². The van der Waals surface area contributed by atoms with E-state index in [4.69, 9.17) is 10.1 Å². The molecule has 2 nitrogen and oxygen atoms in total. The summed E-state index contributed by atoms with van der Waals surface area (Å²) in [6, 6.07) is 7.97. The summed E-state index contributed by atoms with van der Waals surface area (Å²) < 4.78 is 5.11. The van der Waals surface area contributed by atoms with Crippen LogP contribution in [0.1, 0.15) is 37.8 Å². The van der Waals surface area contributed by atoms with Crippen LogP contribution in [0.25, 0.3) is 0 Å². The van der Waals surface area contributed by atoms with Crippen LogP contribution in [-0.2, 0) is 4.74 Å². The van der Waals surface area contributed by atoms with Gasteiger partial charge in [-0.1, -0.05) is 26.0 Å². The Balaban J connectivity index is 2.78. The highest BCUT2D eigenvalue weighted by Crippen LogP contribution is 2.14. The molecule has 0 saturated carbocycles. The molecular weight excluding hydrogens is 174 g/mol. The average molecular weight is 191 g/mol. The Kier molecular flexibility index (Phi) is 3.69. The standard InChI is InChI=1S/C12H17NO/c1-4-14-12(13)11-7-5-10(6-8-11)9(2)3/h5-9,13H,4H2,1-3H3. The lowest BCUT2D eigenvalue weighted by atomic mass is 10.0. The summed E-state index contributed by atoms with van der Waals surface area (Å²) in [5.41, 5.74) is 2.13. The van der Waals surface area contributed by atoms with Gasteiger partial charge in [0.1, 0.15) is 0 Å². The van der Waals surface area contributed by atoms with Gasteiger partial charge in [-0.15, -0.1) is 0 Å². The average Bonchev–Trinajstić information content (AvgIpc) is 2.18. The molecule has 0 aliphatic rings. The van der Waals surface area contributed by atoms with E-state index < -0.39 is 0 Å². The molecule has 0 radical (unpaired) electrons. The van der Waals surface area contributed by atoms with E-state index in [1.165, 1.54) is 5.56 Å². The first-order chi connectivity index (χ1) is 6.65. The summed E-state index contributed by atoms with van der Waals surface area (Å²) in [7, 11) is 0. The quantitative estimate of drug-likeness (QED) is 0.577. The van der Waals surface area contributed by atoms with Crippen molar-refractivity contribution >= 4 is 5.90 Å². The van der Waals surface area contributed by atoms with Crippen molar-refractivity contribution in [3.8, 4) is 0 Å². The van der Waals surface area contributed by atoms with Crippen molar-refractivity contribution in [2.24, 2.45) is 0 Å². The normalized spacial score (nSPS) is 10.3. The van der Waals surface area contributed by atoms with Gasteiger partial charge in [0.25, 0.3) is 0 Å². The van der Waals surface area contributed by atoms with Gasteiger partial charge in [-0.3, -0.25) is 5.41 Å². The fraction of sp³-hybridized carbons (Fsp3) is 0.417. The first-order valence-corrected chi connectivity index (χ1v) is 4.96. The molecule has 76 valence electrons. The lowest BCUT2D eigenvalue weighted by molar-refractivity contribution is 0.325. The maximum Gasteiger partial charge on any atom is 0.213 e. The second kappa shape index (κ2) is 4.80. The van der Waals surface area contributed by atoms with Crippen LogP contribution < -0.4 is 0 Å². The predicted molar refractivity (Wildman–Crippen MR) is 59.0 cm³/mol. The number of hydrogen-bond donors (Lipinski definition) is 1. The molecule has 14 heavy (non-hydrogen) atoms. The van der Waals surface area contributed by atoms with Gasteiger partial charge in [-0.2, -0.15) is 0 Å². The van der Waals surface area contributed by atoms with Gasteiger partial charge in [0, 0.05) is 5.56 Å². The zero-order chi connectivity index (χ0) is 10.6. The number of hydrogen-bond acceptors (Lipinski definition) is 2. The van der Waals surface area contributed by atoms with Crippen molar-refractivity contribution in [3.63, 3.8) is 0 Å². The lowest BCUT2D eigenvalue weighted by Crippen LogP contribution is -2.04.